The van der Waals surface area contributed by atoms with Gasteiger partial charge < -0.3 is 10.1 Å². The van der Waals surface area contributed by atoms with Crippen LogP contribution in [0.5, 0.6) is 5.75 Å². The minimum atomic E-state index is -0.336. The summed E-state index contributed by atoms with van der Waals surface area (Å²) in [5.41, 5.74) is 1.44. The summed E-state index contributed by atoms with van der Waals surface area (Å²) in [5.74, 6) is 0.155. The number of carbonyl (C=O) groups is 1. The number of anilines is 1. The second-order valence-corrected chi connectivity index (χ2v) is 4.10. The predicted octanol–water partition coefficient (Wildman–Crippen LogP) is 3.49. The molecule has 1 N–H and O–H groups in total. The second-order valence-electron chi connectivity index (χ2n) is 4.10. The zero-order chi connectivity index (χ0) is 14.4. The number of nitrogens with one attached hydrogen (secondary N) is 1. The first-order chi connectivity index (χ1) is 9.67. The molecule has 0 saturated heterocycles. The molecular weight excluding hydrogens is 257 g/mol. The van der Waals surface area contributed by atoms with Crippen LogP contribution in [0.3, 0.4) is 0 Å². The molecule has 0 fully saturated rings. The van der Waals surface area contributed by atoms with Gasteiger partial charge >= 0.3 is 0 Å². The molecule has 0 spiro atoms. The largest absolute Gasteiger partial charge is 0.497 e. The number of hydrogen-bond donors (Lipinski definition) is 1. The van der Waals surface area contributed by atoms with Crippen molar-refractivity contribution in [1.82, 2.24) is 0 Å². The number of benzene rings is 2. The molecular formula is C16H14FNO2. The van der Waals surface area contributed by atoms with Gasteiger partial charge in [0.25, 0.3) is 0 Å². The highest BCUT2D eigenvalue weighted by molar-refractivity contribution is 6.01. The molecule has 0 unspecified atom stereocenters. The van der Waals surface area contributed by atoms with Crippen molar-refractivity contribution >= 4 is 17.7 Å². The van der Waals surface area contributed by atoms with Gasteiger partial charge in [0.05, 0.1) is 7.11 Å². The van der Waals surface area contributed by atoms with E-state index in [4.69, 9.17) is 4.74 Å². The Morgan fingerprint density at radius 2 is 1.75 bits per heavy atom. The smallest absolute Gasteiger partial charge is 0.248 e. The van der Waals surface area contributed by atoms with Crippen LogP contribution in [0.25, 0.3) is 6.08 Å². The Kier molecular flexibility index (Phi) is 4.50. The Morgan fingerprint density at radius 3 is 2.35 bits per heavy atom. The van der Waals surface area contributed by atoms with Crippen molar-refractivity contribution in [1.29, 1.82) is 0 Å². The fourth-order valence-electron chi connectivity index (χ4n) is 1.60. The molecule has 102 valence electrons. The molecule has 0 aliphatic rings. The van der Waals surface area contributed by atoms with E-state index in [1.165, 1.54) is 30.3 Å². The van der Waals surface area contributed by atoms with Gasteiger partial charge in [-0.15, -0.1) is 0 Å². The summed E-state index contributed by atoms with van der Waals surface area (Å²) in [6, 6.07) is 12.9. The Bertz CT molecular complexity index is 603. The number of methoxy groups -OCH3 is 1. The molecule has 0 atom stereocenters. The number of amides is 1. The first-order valence-electron chi connectivity index (χ1n) is 6.06. The van der Waals surface area contributed by atoms with Gasteiger partial charge in [-0.25, -0.2) is 4.39 Å². The van der Waals surface area contributed by atoms with Gasteiger partial charge in [0.2, 0.25) is 5.91 Å². The third-order valence-electron chi connectivity index (χ3n) is 2.65. The highest BCUT2D eigenvalue weighted by atomic mass is 19.1. The van der Waals surface area contributed by atoms with E-state index in [1.54, 1.807) is 13.2 Å². The lowest BCUT2D eigenvalue weighted by Crippen LogP contribution is -2.07. The molecule has 0 aliphatic carbocycles. The summed E-state index contributed by atoms with van der Waals surface area (Å²) in [5, 5.41) is 2.64. The zero-order valence-corrected chi connectivity index (χ0v) is 11.0. The highest BCUT2D eigenvalue weighted by Gasteiger charge is 1.98. The van der Waals surface area contributed by atoms with Gasteiger partial charge in [0.1, 0.15) is 11.6 Å². The van der Waals surface area contributed by atoms with Crippen LogP contribution in [0.1, 0.15) is 5.56 Å². The van der Waals surface area contributed by atoms with Crippen LogP contribution in [0, 0.1) is 5.82 Å². The lowest BCUT2D eigenvalue weighted by atomic mass is 10.2. The van der Waals surface area contributed by atoms with Gasteiger partial charge in [-0.05, 0) is 48.0 Å². The maximum atomic E-state index is 12.7. The first kappa shape index (κ1) is 13.8. The van der Waals surface area contributed by atoms with Gasteiger partial charge in [-0.1, -0.05) is 12.1 Å². The average Bonchev–Trinajstić information content (AvgIpc) is 2.48. The van der Waals surface area contributed by atoms with Crippen LogP contribution < -0.4 is 10.1 Å². The van der Waals surface area contributed by atoms with E-state index in [9.17, 15) is 9.18 Å². The maximum absolute atomic E-state index is 12.7. The quantitative estimate of drug-likeness (QED) is 0.864. The average molecular weight is 271 g/mol. The minimum Gasteiger partial charge on any atom is -0.497 e. The van der Waals surface area contributed by atoms with Crippen molar-refractivity contribution in [2.45, 2.75) is 0 Å². The van der Waals surface area contributed by atoms with E-state index in [-0.39, 0.29) is 11.7 Å². The molecule has 0 saturated carbocycles. The summed E-state index contributed by atoms with van der Waals surface area (Å²) in [6.45, 7) is 0. The molecule has 1 amide bonds. The Morgan fingerprint density at radius 1 is 1.10 bits per heavy atom. The van der Waals surface area contributed by atoms with E-state index in [1.807, 2.05) is 24.3 Å². The maximum Gasteiger partial charge on any atom is 0.248 e. The van der Waals surface area contributed by atoms with Crippen molar-refractivity contribution in [3.63, 3.8) is 0 Å². The molecule has 0 radical (unpaired) electrons. The van der Waals surface area contributed by atoms with E-state index in [0.29, 0.717) is 5.69 Å². The van der Waals surface area contributed by atoms with Crippen molar-refractivity contribution < 1.29 is 13.9 Å². The minimum absolute atomic E-state index is 0.271. The Balaban J connectivity index is 1.96. The molecule has 4 heteroatoms. The predicted molar refractivity (Wildman–Crippen MR) is 77.1 cm³/mol. The van der Waals surface area contributed by atoms with Crippen molar-refractivity contribution in [3.8, 4) is 5.75 Å². The van der Waals surface area contributed by atoms with Gasteiger partial charge in [-0.3, -0.25) is 4.79 Å². The number of hydrogen-bond acceptors (Lipinski definition) is 2. The van der Waals surface area contributed by atoms with Crippen molar-refractivity contribution in [2.24, 2.45) is 0 Å². The second kappa shape index (κ2) is 6.52. The number of rotatable bonds is 4. The van der Waals surface area contributed by atoms with Crippen LogP contribution in [0.15, 0.2) is 54.6 Å². The van der Waals surface area contributed by atoms with Gasteiger partial charge in [-0.2, -0.15) is 0 Å². The molecule has 0 heterocycles. The van der Waals surface area contributed by atoms with E-state index in [2.05, 4.69) is 5.32 Å². The zero-order valence-electron chi connectivity index (χ0n) is 11.0. The molecule has 2 aromatic carbocycles. The third kappa shape index (κ3) is 3.95. The fourth-order valence-corrected chi connectivity index (χ4v) is 1.60. The lowest BCUT2D eigenvalue weighted by molar-refractivity contribution is -0.111. The van der Waals surface area contributed by atoms with Crippen LogP contribution in [-0.4, -0.2) is 13.0 Å². The molecule has 3 nitrogen and oxygen atoms in total. The molecule has 20 heavy (non-hydrogen) atoms. The molecule has 2 aromatic rings. The van der Waals surface area contributed by atoms with E-state index < -0.39 is 0 Å². The summed E-state index contributed by atoms with van der Waals surface area (Å²) in [6.07, 6.45) is 3.11. The van der Waals surface area contributed by atoms with Gasteiger partial charge in [0, 0.05) is 11.8 Å². The highest BCUT2D eigenvalue weighted by Crippen LogP contribution is 2.12. The third-order valence-corrected chi connectivity index (χ3v) is 2.65. The monoisotopic (exact) mass is 271 g/mol. The van der Waals surface area contributed by atoms with Crippen LogP contribution in [0.2, 0.25) is 0 Å². The number of halogens is 1. The molecule has 0 aromatic heterocycles. The lowest BCUT2D eigenvalue weighted by Gasteiger charge is -2.01. The summed E-state index contributed by atoms with van der Waals surface area (Å²) >= 11 is 0. The SMILES string of the molecule is COc1ccc(C=CC(=O)Nc2ccc(F)cc2)cc1. The number of ether oxygens (including phenoxy) is 1. The van der Waals surface area contributed by atoms with E-state index >= 15 is 0 Å². The molecule has 0 bridgehead atoms. The fraction of sp³-hybridized carbons (Fsp3) is 0.0625. The number of carbonyl (C=O) groups excluding carboxylic acids is 1. The van der Waals surface area contributed by atoms with Crippen LogP contribution in [-0.2, 0) is 4.79 Å². The summed E-state index contributed by atoms with van der Waals surface area (Å²) in [7, 11) is 1.60. The summed E-state index contributed by atoms with van der Waals surface area (Å²) in [4.78, 5) is 11.7. The van der Waals surface area contributed by atoms with Gasteiger partial charge in [0.15, 0.2) is 0 Å². The molecule has 2 rings (SSSR count). The van der Waals surface area contributed by atoms with Crippen molar-refractivity contribution in [2.75, 3.05) is 12.4 Å². The first-order valence-corrected chi connectivity index (χ1v) is 6.06. The Labute approximate surface area is 116 Å². The van der Waals surface area contributed by atoms with E-state index in [0.717, 1.165) is 11.3 Å². The molecule has 0 aliphatic heterocycles. The Hall–Kier alpha value is -2.62. The topological polar surface area (TPSA) is 38.3 Å². The normalized spacial score (nSPS) is 10.5. The van der Waals surface area contributed by atoms with Crippen LogP contribution in [0.4, 0.5) is 10.1 Å². The van der Waals surface area contributed by atoms with Crippen molar-refractivity contribution in [3.05, 3.63) is 66.0 Å². The standard InChI is InChI=1S/C16H14FNO2/c1-20-15-9-2-12(3-10-15)4-11-16(19)18-14-7-5-13(17)6-8-14/h2-11H,1H3,(H,18,19). The van der Waals surface area contributed by atoms with Crippen LogP contribution >= 0.6 is 0 Å². The summed E-state index contributed by atoms with van der Waals surface area (Å²) < 4.78 is 17.8.